The maximum Gasteiger partial charge on any atom is 0.175 e. The van der Waals surface area contributed by atoms with Crippen molar-refractivity contribution in [3.63, 3.8) is 0 Å². The Kier molecular flexibility index (Phi) is 4.10. The molecule has 0 spiro atoms. The third kappa shape index (κ3) is 3.25. The molecule has 3 unspecified atom stereocenters. The molecule has 1 N–H and O–H groups in total. The lowest BCUT2D eigenvalue weighted by Crippen LogP contribution is -2.41. The first-order valence-electron chi connectivity index (χ1n) is 6.65. The number of aromatic nitrogens is 4. The van der Waals surface area contributed by atoms with Crippen LogP contribution in [0.25, 0.3) is 0 Å². The third-order valence-corrected chi connectivity index (χ3v) is 3.71. The molecule has 1 aliphatic rings. The van der Waals surface area contributed by atoms with Crippen LogP contribution in [0.5, 0.6) is 0 Å². The normalized spacial score (nSPS) is 29.5. The second-order valence-corrected chi connectivity index (χ2v) is 5.24. The average molecular weight is 237 g/mol. The van der Waals surface area contributed by atoms with Crippen LogP contribution in [-0.4, -0.2) is 32.8 Å². The number of hydrogen-bond acceptors (Lipinski definition) is 4. The number of aryl methyl sites for hydroxylation is 1. The molecule has 0 radical (unpaired) electrons. The zero-order valence-electron chi connectivity index (χ0n) is 11.1. The molecule has 0 saturated heterocycles. The van der Waals surface area contributed by atoms with Crippen molar-refractivity contribution >= 4 is 0 Å². The quantitative estimate of drug-likeness (QED) is 0.854. The number of hydrogen-bond donors (Lipinski definition) is 1. The van der Waals surface area contributed by atoms with Crippen LogP contribution in [0.2, 0.25) is 0 Å². The molecular weight excluding hydrogens is 214 g/mol. The first-order valence-corrected chi connectivity index (χ1v) is 6.65. The van der Waals surface area contributed by atoms with Crippen LogP contribution >= 0.6 is 0 Å². The third-order valence-electron chi connectivity index (χ3n) is 3.71. The molecule has 0 amide bonds. The monoisotopic (exact) mass is 237 g/mol. The van der Waals surface area contributed by atoms with Crippen LogP contribution < -0.4 is 5.32 Å². The molecule has 1 heterocycles. The minimum Gasteiger partial charge on any atom is -0.314 e. The van der Waals surface area contributed by atoms with E-state index in [1.165, 1.54) is 19.3 Å². The Labute approximate surface area is 103 Å². The van der Waals surface area contributed by atoms with E-state index in [0.29, 0.717) is 12.0 Å². The molecule has 5 nitrogen and oxygen atoms in total. The molecule has 96 valence electrons. The fraction of sp³-hybridized carbons (Fsp3) is 0.917. The van der Waals surface area contributed by atoms with Crippen molar-refractivity contribution < 1.29 is 0 Å². The Morgan fingerprint density at radius 3 is 2.88 bits per heavy atom. The van der Waals surface area contributed by atoms with Crippen molar-refractivity contribution in [2.75, 3.05) is 6.54 Å². The molecule has 0 bridgehead atoms. The maximum absolute atomic E-state index is 4.29. The predicted molar refractivity (Wildman–Crippen MR) is 66.5 cm³/mol. The number of nitrogens with one attached hydrogen (secondary N) is 1. The fourth-order valence-electron chi connectivity index (χ4n) is 2.89. The smallest absolute Gasteiger partial charge is 0.175 e. The largest absolute Gasteiger partial charge is 0.314 e. The summed E-state index contributed by atoms with van der Waals surface area (Å²) in [7, 11) is 1.82. The summed E-state index contributed by atoms with van der Waals surface area (Å²) < 4.78 is 0. The second-order valence-electron chi connectivity index (χ2n) is 5.24. The van der Waals surface area contributed by atoms with E-state index in [1.807, 2.05) is 7.05 Å². The number of rotatable bonds is 4. The van der Waals surface area contributed by atoms with Gasteiger partial charge in [-0.05, 0) is 42.9 Å². The van der Waals surface area contributed by atoms with Crippen molar-refractivity contribution in [3.8, 4) is 0 Å². The van der Waals surface area contributed by atoms with Crippen molar-refractivity contribution in [2.24, 2.45) is 18.9 Å². The lowest BCUT2D eigenvalue weighted by atomic mass is 9.77. The molecule has 1 saturated carbocycles. The van der Waals surface area contributed by atoms with Gasteiger partial charge in [0, 0.05) is 12.5 Å². The number of nitrogens with zero attached hydrogens (tertiary/aromatic N) is 4. The molecule has 1 aliphatic carbocycles. The average Bonchev–Trinajstić information content (AvgIpc) is 2.68. The summed E-state index contributed by atoms with van der Waals surface area (Å²) in [5, 5.41) is 15.9. The Bertz CT molecular complexity index is 348. The molecule has 5 heteroatoms. The zero-order chi connectivity index (χ0) is 12.3. The van der Waals surface area contributed by atoms with E-state index < -0.39 is 0 Å². The zero-order valence-corrected chi connectivity index (χ0v) is 11.1. The van der Waals surface area contributed by atoms with E-state index in [-0.39, 0.29) is 0 Å². The standard InChI is InChI=1S/C12H23N5/c1-4-13-11-6-5-9(2)7-10(11)8-12-14-16-17(3)15-12/h9-11,13H,4-8H2,1-3H3. The first kappa shape index (κ1) is 12.5. The number of tetrazole rings is 1. The first-order chi connectivity index (χ1) is 8.19. The summed E-state index contributed by atoms with van der Waals surface area (Å²) >= 11 is 0. The van der Waals surface area contributed by atoms with Gasteiger partial charge >= 0.3 is 0 Å². The van der Waals surface area contributed by atoms with Crippen molar-refractivity contribution in [2.45, 2.75) is 45.6 Å². The van der Waals surface area contributed by atoms with Crippen LogP contribution in [0.3, 0.4) is 0 Å². The van der Waals surface area contributed by atoms with Crippen molar-refractivity contribution in [3.05, 3.63) is 5.82 Å². The highest BCUT2D eigenvalue weighted by atomic mass is 15.6. The van der Waals surface area contributed by atoms with E-state index >= 15 is 0 Å². The van der Waals surface area contributed by atoms with Crippen LogP contribution in [-0.2, 0) is 13.5 Å². The summed E-state index contributed by atoms with van der Waals surface area (Å²) in [5.74, 6) is 2.36. The SMILES string of the molecule is CCNC1CCC(C)CC1Cc1nnn(C)n1. The Morgan fingerprint density at radius 1 is 1.41 bits per heavy atom. The van der Waals surface area contributed by atoms with E-state index in [9.17, 15) is 0 Å². The molecule has 1 fully saturated rings. The van der Waals surface area contributed by atoms with Crippen molar-refractivity contribution in [1.82, 2.24) is 25.5 Å². The van der Waals surface area contributed by atoms with Crippen LogP contribution in [0.4, 0.5) is 0 Å². The van der Waals surface area contributed by atoms with Gasteiger partial charge in [-0.2, -0.15) is 4.80 Å². The van der Waals surface area contributed by atoms with Gasteiger partial charge < -0.3 is 5.32 Å². The maximum atomic E-state index is 4.29. The molecule has 2 rings (SSSR count). The molecule has 1 aromatic rings. The highest BCUT2D eigenvalue weighted by molar-refractivity contribution is 4.90. The molecule has 1 aromatic heterocycles. The predicted octanol–water partition coefficient (Wildman–Crippen LogP) is 1.17. The van der Waals surface area contributed by atoms with Crippen LogP contribution in [0.1, 0.15) is 38.9 Å². The van der Waals surface area contributed by atoms with Gasteiger partial charge in [0.25, 0.3) is 0 Å². The van der Waals surface area contributed by atoms with Gasteiger partial charge in [0.05, 0.1) is 7.05 Å². The summed E-state index contributed by atoms with van der Waals surface area (Å²) in [6, 6.07) is 0.625. The molecule has 0 aromatic carbocycles. The molecular formula is C12H23N5. The van der Waals surface area contributed by atoms with Crippen LogP contribution in [0.15, 0.2) is 0 Å². The highest BCUT2D eigenvalue weighted by Crippen LogP contribution is 2.30. The topological polar surface area (TPSA) is 55.6 Å². The second kappa shape index (κ2) is 5.58. The van der Waals surface area contributed by atoms with E-state index in [1.54, 1.807) is 4.80 Å². The Balaban J connectivity index is 1.99. The van der Waals surface area contributed by atoms with E-state index in [0.717, 1.165) is 24.7 Å². The minimum atomic E-state index is 0.625. The van der Waals surface area contributed by atoms with E-state index in [2.05, 4.69) is 34.6 Å². The molecule has 17 heavy (non-hydrogen) atoms. The van der Waals surface area contributed by atoms with E-state index in [4.69, 9.17) is 0 Å². The van der Waals surface area contributed by atoms with Crippen LogP contribution in [0, 0.1) is 11.8 Å². The Morgan fingerprint density at radius 2 is 2.24 bits per heavy atom. The summed E-state index contributed by atoms with van der Waals surface area (Å²) in [4.78, 5) is 1.55. The van der Waals surface area contributed by atoms with Gasteiger partial charge in [-0.3, -0.25) is 0 Å². The summed E-state index contributed by atoms with van der Waals surface area (Å²) in [6.07, 6.45) is 4.84. The lowest BCUT2D eigenvalue weighted by Gasteiger charge is -2.34. The van der Waals surface area contributed by atoms with Gasteiger partial charge in [0.15, 0.2) is 5.82 Å². The molecule has 3 atom stereocenters. The fourth-order valence-corrected chi connectivity index (χ4v) is 2.89. The van der Waals surface area contributed by atoms with Gasteiger partial charge in [0.2, 0.25) is 0 Å². The minimum absolute atomic E-state index is 0.625. The highest BCUT2D eigenvalue weighted by Gasteiger charge is 2.29. The lowest BCUT2D eigenvalue weighted by molar-refractivity contribution is 0.212. The van der Waals surface area contributed by atoms with Gasteiger partial charge in [-0.25, -0.2) is 0 Å². The van der Waals surface area contributed by atoms with Gasteiger partial charge in [0.1, 0.15) is 0 Å². The van der Waals surface area contributed by atoms with Gasteiger partial charge in [-0.1, -0.05) is 13.8 Å². The van der Waals surface area contributed by atoms with Gasteiger partial charge in [-0.15, -0.1) is 10.2 Å². The summed E-state index contributed by atoms with van der Waals surface area (Å²) in [6.45, 7) is 5.57. The van der Waals surface area contributed by atoms with Crippen molar-refractivity contribution in [1.29, 1.82) is 0 Å². The Hall–Kier alpha value is -0.970. The summed E-state index contributed by atoms with van der Waals surface area (Å²) in [5.41, 5.74) is 0. The molecule has 0 aliphatic heterocycles.